The third-order valence-corrected chi connectivity index (χ3v) is 2.02. The number of hydrogen-bond acceptors (Lipinski definition) is 3. The van der Waals surface area contributed by atoms with Crippen LogP contribution in [0.2, 0.25) is 0 Å². The van der Waals surface area contributed by atoms with E-state index < -0.39 is 0 Å². The summed E-state index contributed by atoms with van der Waals surface area (Å²) < 4.78 is 0. The maximum absolute atomic E-state index is 8.39. The molecule has 0 aliphatic carbocycles. The molecule has 0 saturated carbocycles. The third kappa shape index (κ3) is 2.02. The fourth-order valence-electron chi connectivity index (χ4n) is 0.787. The van der Waals surface area contributed by atoms with Crippen LogP contribution in [0, 0.1) is 10.7 Å². The highest BCUT2D eigenvalue weighted by molar-refractivity contribution is 8.03. The van der Waals surface area contributed by atoms with Crippen LogP contribution in [0.4, 0.5) is 0 Å². The zero-order chi connectivity index (χ0) is 9.19. The van der Waals surface area contributed by atoms with Crippen LogP contribution >= 0.6 is 11.8 Å². The van der Waals surface area contributed by atoms with Crippen LogP contribution in [0.1, 0.15) is 26.5 Å². The first-order valence-corrected chi connectivity index (χ1v) is 4.47. The minimum absolute atomic E-state index is 0.0707. The Bertz CT molecular complexity index is 303. The van der Waals surface area contributed by atoms with Crippen LogP contribution in [-0.2, 0) is 5.41 Å². The summed E-state index contributed by atoms with van der Waals surface area (Å²) in [5.74, 6) is 0. The van der Waals surface area contributed by atoms with E-state index >= 15 is 0 Å². The van der Waals surface area contributed by atoms with Gasteiger partial charge in [0, 0.05) is 22.9 Å². The maximum atomic E-state index is 8.39. The number of nitrogens with zero attached hydrogens (tertiary/aromatic N) is 2. The molecule has 3 nitrogen and oxygen atoms in total. The van der Waals surface area contributed by atoms with E-state index in [1.807, 2.05) is 11.5 Å². The van der Waals surface area contributed by atoms with E-state index in [1.165, 1.54) is 0 Å². The van der Waals surface area contributed by atoms with Crippen molar-refractivity contribution < 1.29 is 0 Å². The lowest BCUT2D eigenvalue weighted by atomic mass is 9.93. The highest BCUT2D eigenvalue weighted by Gasteiger charge is 2.16. The van der Waals surface area contributed by atoms with Crippen molar-refractivity contribution in [2.45, 2.75) is 31.2 Å². The zero-order valence-corrected chi connectivity index (χ0v) is 8.20. The normalized spacial score (nSPS) is 11.2. The maximum Gasteiger partial charge on any atom is 0.140 e. The van der Waals surface area contributed by atoms with Crippen molar-refractivity contribution >= 4 is 11.8 Å². The SMILES string of the molecule is CC(C)(C)c1cc(SC#N)n[nH]1. The summed E-state index contributed by atoms with van der Waals surface area (Å²) >= 11 is 1.08. The van der Waals surface area contributed by atoms with Gasteiger partial charge in [-0.3, -0.25) is 5.10 Å². The van der Waals surface area contributed by atoms with Crippen molar-refractivity contribution in [3.63, 3.8) is 0 Å². The van der Waals surface area contributed by atoms with Crippen molar-refractivity contribution in [1.82, 2.24) is 10.2 Å². The molecule has 0 saturated heterocycles. The van der Waals surface area contributed by atoms with Crippen molar-refractivity contribution in [3.8, 4) is 5.40 Å². The quantitative estimate of drug-likeness (QED) is 0.534. The van der Waals surface area contributed by atoms with E-state index in [0.717, 1.165) is 22.5 Å². The Balaban J connectivity index is 2.86. The summed E-state index contributed by atoms with van der Waals surface area (Å²) in [6.07, 6.45) is 0. The van der Waals surface area contributed by atoms with E-state index in [4.69, 9.17) is 5.26 Å². The minimum atomic E-state index is 0.0707. The Kier molecular flexibility index (Phi) is 2.43. The van der Waals surface area contributed by atoms with Gasteiger partial charge in [-0.25, -0.2) is 0 Å². The van der Waals surface area contributed by atoms with Crippen LogP contribution in [0.25, 0.3) is 0 Å². The van der Waals surface area contributed by atoms with Gasteiger partial charge >= 0.3 is 0 Å². The Morgan fingerprint density at radius 3 is 2.67 bits per heavy atom. The zero-order valence-electron chi connectivity index (χ0n) is 7.38. The largest absolute Gasteiger partial charge is 0.281 e. The van der Waals surface area contributed by atoms with Gasteiger partial charge in [-0.15, -0.1) is 0 Å². The Morgan fingerprint density at radius 1 is 1.58 bits per heavy atom. The van der Waals surface area contributed by atoms with Crippen molar-refractivity contribution in [2.75, 3.05) is 0 Å². The molecule has 1 N–H and O–H groups in total. The van der Waals surface area contributed by atoms with Gasteiger partial charge in [-0.1, -0.05) is 20.8 Å². The molecular formula is C8H11N3S. The average molecular weight is 181 g/mol. The molecule has 12 heavy (non-hydrogen) atoms. The van der Waals surface area contributed by atoms with Crippen LogP contribution in [0.5, 0.6) is 0 Å². The molecule has 0 fully saturated rings. The fourth-order valence-corrected chi connectivity index (χ4v) is 1.15. The summed E-state index contributed by atoms with van der Waals surface area (Å²) in [7, 11) is 0. The molecule has 0 amide bonds. The van der Waals surface area contributed by atoms with Crippen LogP contribution in [-0.4, -0.2) is 10.2 Å². The standard InChI is InChI=1S/C8H11N3S/c1-8(2,3)6-4-7(11-10-6)12-5-9/h4H,1-3H3,(H,10,11). The lowest BCUT2D eigenvalue weighted by molar-refractivity contribution is 0.567. The molecule has 4 heteroatoms. The Labute approximate surface area is 76.2 Å². The van der Waals surface area contributed by atoms with E-state index in [9.17, 15) is 0 Å². The second kappa shape index (κ2) is 3.20. The van der Waals surface area contributed by atoms with Gasteiger partial charge in [0.15, 0.2) is 0 Å². The number of H-pyrrole nitrogens is 1. The smallest absolute Gasteiger partial charge is 0.140 e. The number of thiocyanates is 1. The highest BCUT2D eigenvalue weighted by atomic mass is 32.2. The van der Waals surface area contributed by atoms with E-state index in [1.54, 1.807) is 0 Å². The summed E-state index contributed by atoms with van der Waals surface area (Å²) in [6.45, 7) is 6.30. The first kappa shape index (κ1) is 9.14. The number of aromatic nitrogens is 2. The average Bonchev–Trinajstić information content (AvgIpc) is 2.35. The third-order valence-electron chi connectivity index (χ3n) is 1.51. The number of nitriles is 1. The summed E-state index contributed by atoms with van der Waals surface area (Å²) in [4.78, 5) is 0. The molecule has 0 aliphatic rings. The Morgan fingerprint density at radius 2 is 2.25 bits per heavy atom. The van der Waals surface area contributed by atoms with Crippen LogP contribution in [0.3, 0.4) is 0 Å². The van der Waals surface area contributed by atoms with Gasteiger partial charge in [0.25, 0.3) is 0 Å². The summed E-state index contributed by atoms with van der Waals surface area (Å²) in [5.41, 5.74) is 1.13. The second-order valence-corrected chi connectivity index (χ2v) is 4.37. The number of nitrogens with one attached hydrogen (secondary N) is 1. The number of aromatic amines is 1. The van der Waals surface area contributed by atoms with E-state index in [-0.39, 0.29) is 5.41 Å². The summed E-state index contributed by atoms with van der Waals surface area (Å²) in [5, 5.41) is 18.0. The fraction of sp³-hybridized carbons (Fsp3) is 0.500. The molecule has 0 atom stereocenters. The van der Waals surface area contributed by atoms with E-state index in [0.29, 0.717) is 0 Å². The van der Waals surface area contributed by atoms with Gasteiger partial charge < -0.3 is 0 Å². The predicted molar refractivity (Wildman–Crippen MR) is 48.8 cm³/mol. The molecule has 1 heterocycles. The molecule has 64 valence electrons. The second-order valence-electron chi connectivity index (χ2n) is 3.56. The molecule has 0 bridgehead atoms. The lowest BCUT2D eigenvalue weighted by Gasteiger charge is -2.14. The number of hydrogen-bond donors (Lipinski definition) is 1. The molecule has 1 aromatic rings. The van der Waals surface area contributed by atoms with Gasteiger partial charge in [0.05, 0.1) is 0 Å². The van der Waals surface area contributed by atoms with Crippen molar-refractivity contribution in [2.24, 2.45) is 0 Å². The molecule has 0 radical (unpaired) electrons. The highest BCUT2D eigenvalue weighted by Crippen LogP contribution is 2.23. The van der Waals surface area contributed by atoms with Crippen LogP contribution in [0.15, 0.2) is 11.1 Å². The molecular weight excluding hydrogens is 170 g/mol. The van der Waals surface area contributed by atoms with Crippen molar-refractivity contribution in [3.05, 3.63) is 11.8 Å². The lowest BCUT2D eigenvalue weighted by Crippen LogP contribution is -2.11. The molecule has 0 spiro atoms. The topological polar surface area (TPSA) is 52.5 Å². The first-order valence-electron chi connectivity index (χ1n) is 3.66. The number of rotatable bonds is 1. The Hall–Kier alpha value is -0.950. The first-order chi connectivity index (χ1) is 5.54. The van der Waals surface area contributed by atoms with E-state index in [2.05, 4.69) is 31.0 Å². The van der Waals surface area contributed by atoms with Gasteiger partial charge in [-0.05, 0) is 6.07 Å². The number of thioether (sulfide) groups is 1. The minimum Gasteiger partial charge on any atom is -0.281 e. The van der Waals surface area contributed by atoms with Crippen molar-refractivity contribution in [1.29, 1.82) is 5.26 Å². The van der Waals surface area contributed by atoms with Gasteiger partial charge in [-0.2, -0.15) is 10.4 Å². The molecule has 0 aliphatic heterocycles. The molecule has 1 aromatic heterocycles. The molecule has 0 aromatic carbocycles. The van der Waals surface area contributed by atoms with Gasteiger partial charge in [0.2, 0.25) is 0 Å². The molecule has 1 rings (SSSR count). The van der Waals surface area contributed by atoms with Gasteiger partial charge in [0.1, 0.15) is 10.4 Å². The predicted octanol–water partition coefficient (Wildman–Crippen LogP) is 2.28. The molecule has 0 unspecified atom stereocenters. The van der Waals surface area contributed by atoms with Crippen LogP contribution < -0.4 is 0 Å². The summed E-state index contributed by atoms with van der Waals surface area (Å²) in [6, 6.07) is 1.91. The monoisotopic (exact) mass is 181 g/mol.